The summed E-state index contributed by atoms with van der Waals surface area (Å²) >= 11 is 11.7. The second-order valence-corrected chi connectivity index (χ2v) is 5.22. The molecule has 6 nitrogen and oxygen atoms in total. The molecule has 0 spiro atoms. The zero-order chi connectivity index (χ0) is 16.7. The molecule has 8 heteroatoms. The minimum atomic E-state index is -0.464. The summed E-state index contributed by atoms with van der Waals surface area (Å²) < 4.78 is 0. The Morgan fingerprint density at radius 1 is 1.17 bits per heavy atom. The molecule has 0 atom stereocenters. The number of pyridine rings is 1. The highest BCUT2D eigenvalue weighted by Gasteiger charge is 2.06. The Hall–Kier alpha value is -2.44. The minimum absolute atomic E-state index is 0.202. The number of aromatic nitrogens is 1. The van der Waals surface area contributed by atoms with Gasteiger partial charge in [-0.3, -0.25) is 14.6 Å². The Bertz CT molecular complexity index is 736. The van der Waals surface area contributed by atoms with Gasteiger partial charge in [0, 0.05) is 28.5 Å². The second kappa shape index (κ2) is 8.26. The van der Waals surface area contributed by atoms with Gasteiger partial charge in [0.15, 0.2) is 0 Å². The number of hydrogen-bond donors (Lipinski definition) is 2. The molecule has 0 unspecified atom stereocenters. The van der Waals surface area contributed by atoms with Crippen LogP contribution in [0.3, 0.4) is 0 Å². The third-order valence-corrected chi connectivity index (χ3v) is 3.27. The van der Waals surface area contributed by atoms with Crippen molar-refractivity contribution >= 4 is 41.2 Å². The van der Waals surface area contributed by atoms with Gasteiger partial charge in [-0.25, -0.2) is 5.43 Å². The number of nitrogens with zero attached hydrogens (tertiary/aromatic N) is 2. The van der Waals surface area contributed by atoms with Crippen molar-refractivity contribution in [1.29, 1.82) is 0 Å². The molecule has 0 bridgehead atoms. The van der Waals surface area contributed by atoms with Crippen LogP contribution in [-0.4, -0.2) is 29.6 Å². The smallest absolute Gasteiger partial charge is 0.259 e. The summed E-state index contributed by atoms with van der Waals surface area (Å²) in [6.07, 6.45) is 4.38. The van der Waals surface area contributed by atoms with E-state index in [-0.39, 0.29) is 12.5 Å². The number of rotatable bonds is 5. The summed E-state index contributed by atoms with van der Waals surface area (Å²) in [7, 11) is 0. The summed E-state index contributed by atoms with van der Waals surface area (Å²) in [6, 6.07) is 8.00. The lowest BCUT2D eigenvalue weighted by molar-refractivity contribution is -0.120. The molecule has 1 aromatic heterocycles. The summed E-state index contributed by atoms with van der Waals surface area (Å²) in [5, 5.41) is 7.17. The maximum atomic E-state index is 11.7. The average Bonchev–Trinajstić information content (AvgIpc) is 2.55. The molecule has 0 saturated heterocycles. The molecule has 118 valence electrons. The van der Waals surface area contributed by atoms with E-state index in [0.29, 0.717) is 21.2 Å². The molecule has 0 radical (unpaired) electrons. The molecule has 0 aliphatic rings. The van der Waals surface area contributed by atoms with Crippen molar-refractivity contribution in [1.82, 2.24) is 15.7 Å². The summed E-state index contributed by atoms with van der Waals surface area (Å²) in [6.45, 7) is -0.202. The number of hydrogen-bond acceptors (Lipinski definition) is 4. The van der Waals surface area contributed by atoms with Crippen molar-refractivity contribution in [3.05, 3.63) is 63.9 Å². The normalized spacial score (nSPS) is 10.5. The highest BCUT2D eigenvalue weighted by molar-refractivity contribution is 6.36. The van der Waals surface area contributed by atoms with Gasteiger partial charge in [0.05, 0.1) is 17.8 Å². The quantitative estimate of drug-likeness (QED) is 0.640. The standard InChI is InChI=1S/C15H12Cl2N4O2/c16-12-2-1-11(13(17)7-12)8-20-21-14(22)9-19-15(23)10-3-5-18-6-4-10/h1-8H,9H2,(H,19,23)(H,21,22). The largest absolute Gasteiger partial charge is 0.343 e. The van der Waals surface area contributed by atoms with Crippen molar-refractivity contribution in [3.8, 4) is 0 Å². The van der Waals surface area contributed by atoms with E-state index in [2.05, 4.69) is 20.8 Å². The number of amides is 2. The van der Waals surface area contributed by atoms with Gasteiger partial charge in [-0.1, -0.05) is 29.3 Å². The molecular weight excluding hydrogens is 339 g/mol. The molecule has 1 heterocycles. The van der Waals surface area contributed by atoms with Gasteiger partial charge in [-0.05, 0) is 24.3 Å². The molecule has 0 aliphatic heterocycles. The first-order valence-corrected chi connectivity index (χ1v) is 7.27. The highest BCUT2D eigenvalue weighted by Crippen LogP contribution is 2.19. The first-order valence-electron chi connectivity index (χ1n) is 6.51. The summed E-state index contributed by atoms with van der Waals surface area (Å²) in [5.41, 5.74) is 3.32. The van der Waals surface area contributed by atoms with Crippen LogP contribution < -0.4 is 10.7 Å². The molecule has 0 fully saturated rings. The Labute approximate surface area is 142 Å². The van der Waals surface area contributed by atoms with Crippen LogP contribution in [0.15, 0.2) is 47.8 Å². The lowest BCUT2D eigenvalue weighted by atomic mass is 10.2. The van der Waals surface area contributed by atoms with Gasteiger partial charge in [-0.15, -0.1) is 0 Å². The third-order valence-electron chi connectivity index (χ3n) is 2.71. The summed E-state index contributed by atoms with van der Waals surface area (Å²) in [4.78, 5) is 27.1. The predicted octanol–water partition coefficient (Wildman–Crippen LogP) is 2.27. The van der Waals surface area contributed by atoms with Gasteiger partial charge in [0.25, 0.3) is 11.8 Å². The van der Waals surface area contributed by atoms with E-state index in [1.165, 1.54) is 18.6 Å². The van der Waals surface area contributed by atoms with Gasteiger partial charge < -0.3 is 5.32 Å². The topological polar surface area (TPSA) is 83.5 Å². The van der Waals surface area contributed by atoms with E-state index in [4.69, 9.17) is 23.2 Å². The maximum absolute atomic E-state index is 11.7. The van der Waals surface area contributed by atoms with E-state index in [1.807, 2.05) is 0 Å². The number of hydrazone groups is 1. The monoisotopic (exact) mass is 350 g/mol. The average molecular weight is 351 g/mol. The van der Waals surface area contributed by atoms with Crippen LogP contribution in [0, 0.1) is 0 Å². The molecule has 23 heavy (non-hydrogen) atoms. The Kier molecular flexibility index (Phi) is 6.08. The van der Waals surface area contributed by atoms with Crippen LogP contribution in [0.5, 0.6) is 0 Å². The molecule has 2 aromatic rings. The van der Waals surface area contributed by atoms with Gasteiger partial charge in [-0.2, -0.15) is 5.10 Å². The number of carbonyl (C=O) groups is 2. The Balaban J connectivity index is 1.81. The molecule has 2 amide bonds. The van der Waals surface area contributed by atoms with Crippen molar-refractivity contribution in [3.63, 3.8) is 0 Å². The lowest BCUT2D eigenvalue weighted by Crippen LogP contribution is -2.34. The van der Waals surface area contributed by atoms with Crippen molar-refractivity contribution in [2.24, 2.45) is 5.10 Å². The van der Waals surface area contributed by atoms with Gasteiger partial charge >= 0.3 is 0 Å². The molecule has 2 rings (SSSR count). The minimum Gasteiger partial charge on any atom is -0.343 e. The van der Waals surface area contributed by atoms with Crippen LogP contribution in [0.1, 0.15) is 15.9 Å². The Morgan fingerprint density at radius 2 is 1.91 bits per heavy atom. The first-order chi connectivity index (χ1) is 11.1. The highest BCUT2D eigenvalue weighted by atomic mass is 35.5. The van der Waals surface area contributed by atoms with Crippen LogP contribution in [0.25, 0.3) is 0 Å². The van der Waals surface area contributed by atoms with Crippen LogP contribution in [0.2, 0.25) is 10.0 Å². The van der Waals surface area contributed by atoms with Crippen molar-refractivity contribution in [2.45, 2.75) is 0 Å². The van der Waals surface area contributed by atoms with E-state index in [9.17, 15) is 9.59 Å². The van der Waals surface area contributed by atoms with E-state index < -0.39 is 5.91 Å². The van der Waals surface area contributed by atoms with Crippen LogP contribution in [0.4, 0.5) is 0 Å². The fourth-order valence-electron chi connectivity index (χ4n) is 1.59. The Morgan fingerprint density at radius 3 is 2.61 bits per heavy atom. The van der Waals surface area contributed by atoms with Crippen molar-refractivity contribution < 1.29 is 9.59 Å². The molecule has 1 aromatic carbocycles. The second-order valence-electron chi connectivity index (χ2n) is 4.38. The van der Waals surface area contributed by atoms with E-state index >= 15 is 0 Å². The molecular formula is C15H12Cl2N4O2. The predicted molar refractivity (Wildman–Crippen MR) is 88.8 cm³/mol. The first kappa shape index (κ1) is 16.9. The van der Waals surface area contributed by atoms with Gasteiger partial charge in [0.1, 0.15) is 0 Å². The summed E-state index contributed by atoms with van der Waals surface area (Å²) in [5.74, 6) is -0.832. The number of nitrogens with one attached hydrogen (secondary N) is 2. The van der Waals surface area contributed by atoms with Gasteiger partial charge in [0.2, 0.25) is 0 Å². The lowest BCUT2D eigenvalue weighted by Gasteiger charge is -2.04. The SMILES string of the molecule is O=C(CNC(=O)c1ccncc1)NN=Cc1ccc(Cl)cc1Cl. The van der Waals surface area contributed by atoms with E-state index in [0.717, 1.165) is 0 Å². The molecule has 2 N–H and O–H groups in total. The zero-order valence-electron chi connectivity index (χ0n) is 11.8. The zero-order valence-corrected chi connectivity index (χ0v) is 13.3. The third kappa shape index (κ3) is 5.36. The molecule has 0 saturated carbocycles. The number of halogens is 2. The number of benzene rings is 1. The maximum Gasteiger partial charge on any atom is 0.259 e. The molecule has 0 aliphatic carbocycles. The van der Waals surface area contributed by atoms with Crippen LogP contribution >= 0.6 is 23.2 Å². The number of carbonyl (C=O) groups excluding carboxylic acids is 2. The fraction of sp³-hybridized carbons (Fsp3) is 0.0667. The fourth-order valence-corrected chi connectivity index (χ4v) is 2.04. The van der Waals surface area contributed by atoms with Crippen LogP contribution in [-0.2, 0) is 4.79 Å². The van der Waals surface area contributed by atoms with Crippen molar-refractivity contribution in [2.75, 3.05) is 6.54 Å². The van der Waals surface area contributed by atoms with E-state index in [1.54, 1.807) is 30.3 Å².